The van der Waals surface area contributed by atoms with Crippen molar-refractivity contribution in [2.24, 2.45) is 0 Å². The molecule has 0 fully saturated rings. The number of hydrogen-bond acceptors (Lipinski definition) is 5. The van der Waals surface area contributed by atoms with Gasteiger partial charge in [-0.3, -0.25) is 4.79 Å². The maximum absolute atomic E-state index is 13.1. The Morgan fingerprint density at radius 1 is 1.14 bits per heavy atom. The minimum atomic E-state index is -0.236. The summed E-state index contributed by atoms with van der Waals surface area (Å²) in [7, 11) is 1.51. The van der Waals surface area contributed by atoms with E-state index in [0.29, 0.717) is 33.1 Å². The van der Waals surface area contributed by atoms with Gasteiger partial charge in [-0.1, -0.05) is 28.4 Å². The molecule has 6 nitrogen and oxygen atoms in total. The smallest absolute Gasteiger partial charge is 0.258 e. The van der Waals surface area contributed by atoms with E-state index >= 15 is 0 Å². The van der Waals surface area contributed by atoms with Crippen molar-refractivity contribution in [2.45, 2.75) is 26.4 Å². The Bertz CT molecular complexity index is 971. The van der Waals surface area contributed by atoms with Crippen LogP contribution in [0.2, 0.25) is 10.0 Å². The Hall–Kier alpha value is -2.57. The molecule has 0 unspecified atom stereocenters. The fourth-order valence-electron chi connectivity index (χ4n) is 2.67. The molecule has 0 atom stereocenters. The van der Waals surface area contributed by atoms with Gasteiger partial charge in [0.1, 0.15) is 12.3 Å². The van der Waals surface area contributed by atoms with Crippen LogP contribution < -0.4 is 4.74 Å². The molecule has 0 aliphatic carbocycles. The summed E-state index contributed by atoms with van der Waals surface area (Å²) in [5, 5.41) is 5.07. The van der Waals surface area contributed by atoms with Gasteiger partial charge in [-0.25, -0.2) is 0 Å². The van der Waals surface area contributed by atoms with Gasteiger partial charge in [0.2, 0.25) is 11.7 Å². The van der Waals surface area contributed by atoms with Crippen molar-refractivity contribution in [3.05, 3.63) is 64.0 Å². The number of halogens is 2. The van der Waals surface area contributed by atoms with Crippen molar-refractivity contribution in [1.82, 2.24) is 15.0 Å². The summed E-state index contributed by atoms with van der Waals surface area (Å²) in [5.41, 5.74) is 1.15. The summed E-state index contributed by atoms with van der Waals surface area (Å²) >= 11 is 12.0. The zero-order valence-electron chi connectivity index (χ0n) is 15.6. The highest BCUT2D eigenvalue weighted by Crippen LogP contribution is 2.26. The molecule has 146 valence electrons. The normalized spacial score (nSPS) is 10.9. The van der Waals surface area contributed by atoms with E-state index < -0.39 is 0 Å². The molecule has 2 aromatic carbocycles. The second-order valence-corrected chi connectivity index (χ2v) is 7.26. The Morgan fingerprint density at radius 2 is 1.82 bits per heavy atom. The second-order valence-electron chi connectivity index (χ2n) is 6.39. The molecule has 28 heavy (non-hydrogen) atoms. The van der Waals surface area contributed by atoms with Gasteiger partial charge < -0.3 is 14.2 Å². The lowest BCUT2D eigenvalue weighted by Crippen LogP contribution is -2.36. The SMILES string of the molecule is COc1ccc(Cl)cc1C(=O)N(Cc1nc(-c2ccc(Cl)cc2)no1)C(C)C. The van der Waals surface area contributed by atoms with E-state index in [0.717, 1.165) is 5.56 Å². The summed E-state index contributed by atoms with van der Waals surface area (Å²) in [6.07, 6.45) is 0. The number of aromatic nitrogens is 2. The predicted octanol–water partition coefficient (Wildman–Crippen LogP) is 5.10. The van der Waals surface area contributed by atoms with Crippen molar-refractivity contribution in [1.29, 1.82) is 0 Å². The van der Waals surface area contributed by atoms with E-state index in [9.17, 15) is 4.79 Å². The van der Waals surface area contributed by atoms with Crippen molar-refractivity contribution < 1.29 is 14.1 Å². The summed E-state index contributed by atoms with van der Waals surface area (Å²) in [6, 6.07) is 11.9. The van der Waals surface area contributed by atoms with Crippen molar-refractivity contribution in [3.63, 3.8) is 0 Å². The van der Waals surface area contributed by atoms with Crippen LogP contribution in [0.1, 0.15) is 30.1 Å². The van der Waals surface area contributed by atoms with Gasteiger partial charge in [0.15, 0.2) is 0 Å². The first-order valence-electron chi connectivity index (χ1n) is 8.62. The highest BCUT2D eigenvalue weighted by molar-refractivity contribution is 6.31. The molecule has 0 bridgehead atoms. The predicted molar refractivity (Wildman–Crippen MR) is 108 cm³/mol. The third kappa shape index (κ3) is 4.46. The standard InChI is InChI=1S/C20H19Cl2N3O3/c1-12(2)25(20(26)16-10-15(22)8-9-17(16)27-3)11-18-23-19(24-28-18)13-4-6-14(21)7-5-13/h4-10,12H,11H2,1-3H3. The lowest BCUT2D eigenvalue weighted by Gasteiger charge is -2.26. The molecule has 0 aliphatic rings. The van der Waals surface area contributed by atoms with Crippen LogP contribution in [-0.2, 0) is 6.54 Å². The number of carbonyl (C=O) groups is 1. The van der Waals surface area contributed by atoms with Crippen molar-refractivity contribution >= 4 is 29.1 Å². The number of rotatable bonds is 6. The molecule has 0 saturated carbocycles. The molecule has 1 heterocycles. The fourth-order valence-corrected chi connectivity index (χ4v) is 2.97. The third-order valence-corrected chi connectivity index (χ3v) is 4.64. The maximum atomic E-state index is 13.1. The Kier molecular flexibility index (Phi) is 6.21. The van der Waals surface area contributed by atoms with E-state index in [2.05, 4.69) is 10.1 Å². The molecule has 3 rings (SSSR count). The number of nitrogens with zero attached hydrogens (tertiary/aromatic N) is 3. The van der Waals surface area contributed by atoms with E-state index in [1.165, 1.54) is 7.11 Å². The van der Waals surface area contributed by atoms with Gasteiger partial charge in [0.25, 0.3) is 5.91 Å². The van der Waals surface area contributed by atoms with Crippen LogP contribution in [0.5, 0.6) is 5.75 Å². The van der Waals surface area contributed by atoms with Crippen molar-refractivity contribution in [2.75, 3.05) is 7.11 Å². The first kappa shape index (κ1) is 20.2. The minimum absolute atomic E-state index is 0.109. The average molecular weight is 420 g/mol. The fraction of sp³-hybridized carbons (Fsp3) is 0.250. The van der Waals surface area contributed by atoms with Crippen molar-refractivity contribution in [3.8, 4) is 17.1 Å². The summed E-state index contributed by atoms with van der Waals surface area (Å²) in [5.74, 6) is 0.976. The molecule has 1 amide bonds. The van der Waals surface area contributed by atoms with Crippen LogP contribution >= 0.6 is 23.2 Å². The molecule has 1 aromatic heterocycles. The topological polar surface area (TPSA) is 68.5 Å². The quantitative estimate of drug-likeness (QED) is 0.555. The summed E-state index contributed by atoms with van der Waals surface area (Å²) in [4.78, 5) is 19.1. The van der Waals surface area contributed by atoms with Gasteiger partial charge in [0, 0.05) is 21.7 Å². The van der Waals surface area contributed by atoms with Gasteiger partial charge in [-0.2, -0.15) is 4.98 Å². The number of ether oxygens (including phenoxy) is 1. The van der Waals surface area contributed by atoms with Crippen LogP contribution in [-0.4, -0.2) is 34.1 Å². The number of carbonyl (C=O) groups excluding carboxylic acids is 1. The Morgan fingerprint density at radius 3 is 2.46 bits per heavy atom. The third-order valence-electron chi connectivity index (χ3n) is 4.15. The van der Waals surface area contributed by atoms with Crippen LogP contribution in [0.4, 0.5) is 0 Å². The number of methoxy groups -OCH3 is 1. The molecule has 0 spiro atoms. The van der Waals surface area contributed by atoms with E-state index in [4.69, 9.17) is 32.5 Å². The average Bonchev–Trinajstić information content (AvgIpc) is 3.14. The molecule has 0 saturated heterocycles. The second kappa shape index (κ2) is 8.63. The lowest BCUT2D eigenvalue weighted by molar-refractivity contribution is 0.0664. The Balaban J connectivity index is 1.85. The minimum Gasteiger partial charge on any atom is -0.496 e. The van der Waals surface area contributed by atoms with Gasteiger partial charge >= 0.3 is 0 Å². The number of hydrogen-bond donors (Lipinski definition) is 0. The maximum Gasteiger partial charge on any atom is 0.258 e. The highest BCUT2D eigenvalue weighted by Gasteiger charge is 2.25. The molecular formula is C20H19Cl2N3O3. The highest BCUT2D eigenvalue weighted by atomic mass is 35.5. The summed E-state index contributed by atoms with van der Waals surface area (Å²) < 4.78 is 10.7. The van der Waals surface area contributed by atoms with E-state index in [-0.39, 0.29) is 18.5 Å². The number of amides is 1. The van der Waals surface area contributed by atoms with E-state index in [1.54, 1.807) is 47.4 Å². The molecule has 0 aliphatic heterocycles. The monoisotopic (exact) mass is 419 g/mol. The molecule has 0 N–H and O–H groups in total. The summed E-state index contributed by atoms with van der Waals surface area (Å²) in [6.45, 7) is 3.98. The lowest BCUT2D eigenvalue weighted by atomic mass is 10.1. The largest absolute Gasteiger partial charge is 0.496 e. The first-order valence-corrected chi connectivity index (χ1v) is 9.37. The molecule has 3 aromatic rings. The molecule has 0 radical (unpaired) electrons. The van der Waals surface area contributed by atoms with Crippen LogP contribution in [0.3, 0.4) is 0 Å². The Labute approximate surface area is 173 Å². The van der Waals surface area contributed by atoms with Crippen LogP contribution in [0.15, 0.2) is 47.0 Å². The molecular weight excluding hydrogens is 401 g/mol. The zero-order valence-corrected chi connectivity index (χ0v) is 17.2. The van der Waals surface area contributed by atoms with Crippen LogP contribution in [0, 0.1) is 0 Å². The molecule has 8 heteroatoms. The van der Waals surface area contributed by atoms with Crippen LogP contribution in [0.25, 0.3) is 11.4 Å². The van der Waals surface area contributed by atoms with Gasteiger partial charge in [-0.05, 0) is 56.3 Å². The van der Waals surface area contributed by atoms with Gasteiger partial charge in [-0.15, -0.1) is 0 Å². The first-order chi connectivity index (χ1) is 13.4. The zero-order chi connectivity index (χ0) is 20.3. The van der Waals surface area contributed by atoms with Gasteiger partial charge in [0.05, 0.1) is 12.7 Å². The van der Waals surface area contributed by atoms with E-state index in [1.807, 2.05) is 13.8 Å². The number of benzene rings is 2.